The molecule has 0 aliphatic heterocycles. The Labute approximate surface area is 121 Å². The number of aryl methyl sites for hydroxylation is 2. The van der Waals surface area contributed by atoms with E-state index in [1.807, 2.05) is 26.0 Å². The van der Waals surface area contributed by atoms with Gasteiger partial charge in [-0.2, -0.15) is 0 Å². The summed E-state index contributed by atoms with van der Waals surface area (Å²) < 4.78 is 0. The van der Waals surface area contributed by atoms with Crippen LogP contribution in [0.5, 0.6) is 0 Å². The molecule has 2 N–H and O–H groups in total. The average molecular weight is 289 g/mol. The van der Waals surface area contributed by atoms with E-state index in [0.29, 0.717) is 16.1 Å². The van der Waals surface area contributed by atoms with E-state index in [9.17, 15) is 9.59 Å². The van der Waals surface area contributed by atoms with Crippen molar-refractivity contribution in [1.29, 1.82) is 0 Å². The van der Waals surface area contributed by atoms with E-state index in [0.717, 1.165) is 22.5 Å². The molecule has 0 saturated carbocycles. The normalized spacial score (nSPS) is 10.3. The summed E-state index contributed by atoms with van der Waals surface area (Å²) in [6.07, 6.45) is 0. The first kappa shape index (κ1) is 14.3. The van der Waals surface area contributed by atoms with E-state index in [1.54, 1.807) is 19.1 Å². The number of rotatable bonds is 3. The number of carbonyl (C=O) groups is 2. The number of carboxylic acids is 1. The molecule has 4 nitrogen and oxygen atoms in total. The predicted octanol–water partition coefficient (Wildman–Crippen LogP) is 3.62. The zero-order valence-electron chi connectivity index (χ0n) is 11.5. The van der Waals surface area contributed by atoms with Crippen molar-refractivity contribution in [1.82, 2.24) is 0 Å². The van der Waals surface area contributed by atoms with Crippen molar-refractivity contribution in [3.63, 3.8) is 0 Å². The third-order valence-corrected chi connectivity index (χ3v) is 4.34. The molecule has 1 aromatic heterocycles. The Balaban J connectivity index is 2.26. The number of anilines is 1. The van der Waals surface area contributed by atoms with Crippen LogP contribution in [-0.2, 0) is 0 Å². The Kier molecular flexibility index (Phi) is 3.90. The predicted molar refractivity (Wildman–Crippen MR) is 79.9 cm³/mol. The number of hydrogen-bond donors (Lipinski definition) is 2. The lowest BCUT2D eigenvalue weighted by Gasteiger charge is -2.08. The second-order valence-electron chi connectivity index (χ2n) is 4.63. The first-order valence-corrected chi connectivity index (χ1v) is 6.93. The molecule has 0 spiro atoms. The van der Waals surface area contributed by atoms with Gasteiger partial charge in [-0.3, -0.25) is 4.79 Å². The third kappa shape index (κ3) is 2.72. The lowest BCUT2D eigenvalue weighted by molar-refractivity contribution is 0.0701. The second-order valence-corrected chi connectivity index (χ2v) is 5.68. The van der Waals surface area contributed by atoms with Crippen molar-refractivity contribution >= 4 is 28.2 Å². The Morgan fingerprint density at radius 1 is 1.15 bits per heavy atom. The van der Waals surface area contributed by atoms with Crippen molar-refractivity contribution in [3.8, 4) is 0 Å². The molecule has 0 unspecified atom stereocenters. The van der Waals surface area contributed by atoms with Gasteiger partial charge in [0.2, 0.25) is 0 Å². The molecule has 0 bridgehead atoms. The molecule has 0 atom stereocenters. The van der Waals surface area contributed by atoms with Crippen LogP contribution in [0.15, 0.2) is 24.3 Å². The number of aromatic carboxylic acids is 1. The zero-order chi connectivity index (χ0) is 14.9. The maximum Gasteiger partial charge on any atom is 0.346 e. The Bertz CT molecular complexity index is 688. The van der Waals surface area contributed by atoms with Crippen molar-refractivity contribution in [3.05, 3.63) is 51.4 Å². The van der Waals surface area contributed by atoms with Crippen LogP contribution in [0.2, 0.25) is 0 Å². The molecule has 0 fully saturated rings. The van der Waals surface area contributed by atoms with E-state index < -0.39 is 5.97 Å². The van der Waals surface area contributed by atoms with Gasteiger partial charge < -0.3 is 10.4 Å². The number of carboxylic acid groups (broad SMARTS) is 1. The van der Waals surface area contributed by atoms with Gasteiger partial charge in [-0.05, 0) is 49.6 Å². The number of amides is 1. The quantitative estimate of drug-likeness (QED) is 0.906. The molecule has 20 heavy (non-hydrogen) atoms. The fraction of sp³-hybridized carbons (Fsp3) is 0.200. The van der Waals surface area contributed by atoms with Gasteiger partial charge in [0.1, 0.15) is 4.88 Å². The monoisotopic (exact) mass is 289 g/mol. The molecule has 0 aliphatic rings. The van der Waals surface area contributed by atoms with Gasteiger partial charge in [0.05, 0.1) is 5.00 Å². The highest BCUT2D eigenvalue weighted by molar-refractivity contribution is 7.18. The van der Waals surface area contributed by atoms with Crippen LogP contribution in [0.3, 0.4) is 0 Å². The first-order chi connectivity index (χ1) is 9.40. The number of hydrogen-bond acceptors (Lipinski definition) is 3. The average Bonchev–Trinajstić information content (AvgIpc) is 2.73. The molecule has 0 aliphatic carbocycles. The third-order valence-electron chi connectivity index (χ3n) is 3.20. The van der Waals surface area contributed by atoms with Gasteiger partial charge in [-0.25, -0.2) is 4.79 Å². The zero-order valence-corrected chi connectivity index (χ0v) is 12.3. The Hall–Kier alpha value is -2.14. The summed E-state index contributed by atoms with van der Waals surface area (Å²) in [7, 11) is 0. The Morgan fingerprint density at radius 2 is 1.85 bits per heavy atom. The van der Waals surface area contributed by atoms with E-state index in [-0.39, 0.29) is 10.8 Å². The van der Waals surface area contributed by atoms with Crippen LogP contribution in [0.4, 0.5) is 5.00 Å². The Morgan fingerprint density at radius 3 is 2.45 bits per heavy atom. The lowest BCUT2D eigenvalue weighted by Crippen LogP contribution is -2.12. The number of nitrogens with one attached hydrogen (secondary N) is 1. The van der Waals surface area contributed by atoms with E-state index in [2.05, 4.69) is 5.32 Å². The minimum absolute atomic E-state index is 0.218. The molecule has 5 heteroatoms. The van der Waals surface area contributed by atoms with Gasteiger partial charge in [0, 0.05) is 5.56 Å². The summed E-state index contributed by atoms with van der Waals surface area (Å²) in [5.74, 6) is -1.19. The highest BCUT2D eigenvalue weighted by Gasteiger charge is 2.15. The summed E-state index contributed by atoms with van der Waals surface area (Å²) in [5.41, 5.74) is 3.23. The van der Waals surface area contributed by atoms with Gasteiger partial charge >= 0.3 is 5.97 Å². The van der Waals surface area contributed by atoms with Crippen LogP contribution in [0.25, 0.3) is 0 Å². The first-order valence-electron chi connectivity index (χ1n) is 6.11. The number of benzene rings is 1. The molecule has 1 amide bonds. The maximum absolute atomic E-state index is 12.2. The topological polar surface area (TPSA) is 66.4 Å². The van der Waals surface area contributed by atoms with Crippen LogP contribution >= 0.6 is 11.3 Å². The van der Waals surface area contributed by atoms with Gasteiger partial charge in [0.15, 0.2) is 0 Å². The van der Waals surface area contributed by atoms with Crippen molar-refractivity contribution in [2.24, 2.45) is 0 Å². The summed E-state index contributed by atoms with van der Waals surface area (Å²) in [5, 5.41) is 12.3. The van der Waals surface area contributed by atoms with Gasteiger partial charge in [-0.15, -0.1) is 11.3 Å². The summed E-state index contributed by atoms with van der Waals surface area (Å²) in [6.45, 7) is 5.56. The molecule has 1 aromatic carbocycles. The molecule has 2 aromatic rings. The van der Waals surface area contributed by atoms with Crippen LogP contribution < -0.4 is 5.32 Å². The molecule has 1 heterocycles. The molecule has 104 valence electrons. The number of carbonyl (C=O) groups excluding carboxylic acids is 1. The molecule has 2 rings (SSSR count). The van der Waals surface area contributed by atoms with E-state index in [4.69, 9.17) is 5.11 Å². The SMILES string of the molecule is Cc1cc(NC(=O)c2cccc(C)c2C)sc1C(=O)O. The fourth-order valence-electron chi connectivity index (χ4n) is 1.93. The highest BCUT2D eigenvalue weighted by atomic mass is 32.1. The van der Waals surface area contributed by atoms with E-state index >= 15 is 0 Å². The van der Waals surface area contributed by atoms with Gasteiger partial charge in [0.25, 0.3) is 5.91 Å². The minimum Gasteiger partial charge on any atom is -0.477 e. The van der Waals surface area contributed by atoms with E-state index in [1.165, 1.54) is 0 Å². The molecule has 0 radical (unpaired) electrons. The summed E-state index contributed by atoms with van der Waals surface area (Å²) in [4.78, 5) is 23.5. The lowest BCUT2D eigenvalue weighted by atomic mass is 10.0. The van der Waals surface area contributed by atoms with Crippen LogP contribution in [0.1, 0.15) is 36.7 Å². The standard InChI is InChI=1S/C15H15NO3S/c1-8-5-4-6-11(10(8)3)14(17)16-12-7-9(2)13(20-12)15(18)19/h4-7H,1-3H3,(H,16,17)(H,18,19). The smallest absolute Gasteiger partial charge is 0.346 e. The highest BCUT2D eigenvalue weighted by Crippen LogP contribution is 2.27. The van der Waals surface area contributed by atoms with Crippen LogP contribution in [0, 0.1) is 20.8 Å². The van der Waals surface area contributed by atoms with Crippen molar-refractivity contribution in [2.75, 3.05) is 5.32 Å². The molecule has 0 saturated heterocycles. The fourth-order valence-corrected chi connectivity index (χ4v) is 2.84. The molecular weight excluding hydrogens is 274 g/mol. The largest absolute Gasteiger partial charge is 0.477 e. The summed E-state index contributed by atoms with van der Waals surface area (Å²) >= 11 is 1.07. The van der Waals surface area contributed by atoms with Crippen molar-refractivity contribution in [2.45, 2.75) is 20.8 Å². The van der Waals surface area contributed by atoms with Crippen molar-refractivity contribution < 1.29 is 14.7 Å². The second kappa shape index (κ2) is 5.46. The van der Waals surface area contributed by atoms with Gasteiger partial charge in [-0.1, -0.05) is 12.1 Å². The molecular formula is C15H15NO3S. The maximum atomic E-state index is 12.2. The minimum atomic E-state index is -0.972. The number of thiophene rings is 1. The summed E-state index contributed by atoms with van der Waals surface area (Å²) in [6, 6.07) is 7.22. The van der Waals surface area contributed by atoms with Crippen LogP contribution in [-0.4, -0.2) is 17.0 Å².